The van der Waals surface area contributed by atoms with Crippen molar-refractivity contribution in [2.45, 2.75) is 139 Å². The number of carbonyl (C=O) groups excluding carboxylic acids is 1. The summed E-state index contributed by atoms with van der Waals surface area (Å²) in [6.45, 7) is 2.02. The molecule has 3 aliphatic heterocycles. The lowest BCUT2D eigenvalue weighted by Gasteiger charge is -2.52. The quantitative estimate of drug-likeness (QED) is 0.335. The van der Waals surface area contributed by atoms with E-state index in [0.717, 1.165) is 88.4 Å². The second-order valence-electron chi connectivity index (χ2n) is 13.8. The molecule has 0 radical (unpaired) electrons. The van der Waals surface area contributed by atoms with Gasteiger partial charge in [0.25, 0.3) is 0 Å². The Balaban J connectivity index is 1.20. The van der Waals surface area contributed by atoms with Crippen LogP contribution in [0.1, 0.15) is 113 Å². The number of benzene rings is 1. The topological polar surface area (TPSA) is 59.6 Å². The van der Waals surface area contributed by atoms with Crippen LogP contribution in [0.5, 0.6) is 0 Å². The fraction of sp³-hybridized carbons (Fsp3) is 0.788. The minimum atomic E-state index is -4.38. The Morgan fingerprint density at radius 1 is 0.884 bits per heavy atom. The number of hydrogen-bond acceptors (Lipinski definition) is 5. The van der Waals surface area contributed by atoms with E-state index in [-0.39, 0.29) is 17.9 Å². The average Bonchev–Trinajstić information content (AvgIpc) is 3.76. The summed E-state index contributed by atoms with van der Waals surface area (Å²) in [6, 6.07) is 5.66. The van der Waals surface area contributed by atoms with Crippen LogP contribution in [0.3, 0.4) is 0 Å². The SMILES string of the molecule is O=C1CC(CNC2NC3(CCCCCCCC3)NC(N3CCCC3c3ccc(C(F)(F)F)cc3)C2F)CN1C1CCCC1. The highest BCUT2D eigenvalue weighted by molar-refractivity contribution is 5.79. The van der Waals surface area contributed by atoms with E-state index >= 15 is 4.39 Å². The van der Waals surface area contributed by atoms with Crippen molar-refractivity contribution in [3.8, 4) is 0 Å². The Labute approximate surface area is 253 Å². The zero-order valence-electron chi connectivity index (χ0n) is 25.3. The first kappa shape index (κ1) is 31.2. The van der Waals surface area contributed by atoms with E-state index in [4.69, 9.17) is 0 Å². The predicted octanol–water partition coefficient (Wildman–Crippen LogP) is 6.24. The molecule has 1 aromatic carbocycles. The molecule has 6 nitrogen and oxygen atoms in total. The minimum Gasteiger partial charge on any atom is -0.339 e. The van der Waals surface area contributed by atoms with Gasteiger partial charge in [-0.05, 0) is 62.1 Å². The van der Waals surface area contributed by atoms with Gasteiger partial charge >= 0.3 is 6.18 Å². The van der Waals surface area contributed by atoms with Crippen LogP contribution >= 0.6 is 0 Å². The fourth-order valence-electron chi connectivity index (χ4n) is 8.55. The molecule has 5 aliphatic rings. The van der Waals surface area contributed by atoms with Gasteiger partial charge in [-0.1, -0.05) is 63.5 Å². The van der Waals surface area contributed by atoms with Crippen LogP contribution in [-0.4, -0.2) is 65.5 Å². The van der Waals surface area contributed by atoms with Gasteiger partial charge in [-0.3, -0.25) is 25.6 Å². The van der Waals surface area contributed by atoms with Crippen LogP contribution in [0.15, 0.2) is 24.3 Å². The molecular formula is C33H49F4N5O. The third-order valence-electron chi connectivity index (χ3n) is 10.8. The standard InChI is InChI=1S/C33H49F4N5O/c34-29-30(38-21-23-20-28(43)42(22-23)26-10-5-6-11-26)39-32(17-7-3-1-2-4-8-18-32)40-31(29)41-19-9-12-27(41)24-13-15-25(16-14-24)33(35,36)37/h13-16,23,26-27,29-31,38-40H,1-12,17-22H2. The first-order valence-corrected chi connectivity index (χ1v) is 16.9. The van der Waals surface area contributed by atoms with Crippen LogP contribution in [0.2, 0.25) is 0 Å². The van der Waals surface area contributed by atoms with Gasteiger partial charge in [-0.25, -0.2) is 4.39 Å². The van der Waals surface area contributed by atoms with Gasteiger partial charge in [0.2, 0.25) is 5.91 Å². The molecule has 43 heavy (non-hydrogen) atoms. The summed E-state index contributed by atoms with van der Waals surface area (Å²) in [4.78, 5) is 17.1. The lowest BCUT2D eigenvalue weighted by atomic mass is 9.91. The minimum absolute atomic E-state index is 0.141. The van der Waals surface area contributed by atoms with E-state index in [0.29, 0.717) is 25.6 Å². The van der Waals surface area contributed by atoms with E-state index in [1.807, 2.05) is 0 Å². The van der Waals surface area contributed by atoms with Crippen LogP contribution in [0, 0.1) is 5.92 Å². The summed E-state index contributed by atoms with van der Waals surface area (Å²) in [5, 5.41) is 11.0. The van der Waals surface area contributed by atoms with Crippen molar-refractivity contribution in [1.29, 1.82) is 0 Å². The molecule has 1 aromatic rings. The maximum Gasteiger partial charge on any atom is 0.416 e. The molecule has 5 unspecified atom stereocenters. The molecule has 3 heterocycles. The molecule has 2 aliphatic carbocycles. The first-order chi connectivity index (χ1) is 20.7. The van der Waals surface area contributed by atoms with Gasteiger partial charge in [0.1, 0.15) is 0 Å². The van der Waals surface area contributed by atoms with E-state index in [2.05, 4.69) is 25.8 Å². The molecule has 3 saturated heterocycles. The van der Waals surface area contributed by atoms with Crippen molar-refractivity contribution in [1.82, 2.24) is 25.8 Å². The molecule has 0 aromatic heterocycles. The highest BCUT2D eigenvalue weighted by atomic mass is 19.4. The van der Waals surface area contributed by atoms with Gasteiger partial charge < -0.3 is 4.90 Å². The molecule has 6 rings (SSSR count). The maximum absolute atomic E-state index is 16.7. The monoisotopic (exact) mass is 607 g/mol. The highest BCUT2D eigenvalue weighted by Crippen LogP contribution is 2.39. The third-order valence-corrected chi connectivity index (χ3v) is 10.8. The molecule has 3 N–H and O–H groups in total. The zero-order chi connectivity index (χ0) is 30.0. The van der Waals surface area contributed by atoms with E-state index in [1.54, 1.807) is 12.1 Å². The van der Waals surface area contributed by atoms with E-state index in [1.165, 1.54) is 25.7 Å². The molecular weight excluding hydrogens is 558 g/mol. The van der Waals surface area contributed by atoms with Gasteiger partial charge in [-0.2, -0.15) is 13.2 Å². The van der Waals surface area contributed by atoms with Crippen molar-refractivity contribution in [2.75, 3.05) is 19.6 Å². The Morgan fingerprint density at radius 3 is 2.23 bits per heavy atom. The van der Waals surface area contributed by atoms with Crippen LogP contribution in [0.25, 0.3) is 0 Å². The maximum atomic E-state index is 16.7. The Hall–Kier alpha value is -1.75. The van der Waals surface area contributed by atoms with Gasteiger partial charge in [0, 0.05) is 38.1 Å². The van der Waals surface area contributed by atoms with E-state index in [9.17, 15) is 18.0 Å². The molecule has 1 spiro atoms. The molecule has 5 atom stereocenters. The number of amides is 1. The van der Waals surface area contributed by atoms with Crippen LogP contribution < -0.4 is 16.0 Å². The molecule has 240 valence electrons. The zero-order valence-corrected chi connectivity index (χ0v) is 25.3. The average molecular weight is 608 g/mol. The van der Waals surface area contributed by atoms with Gasteiger partial charge in [0.15, 0.2) is 6.17 Å². The molecule has 5 fully saturated rings. The number of nitrogens with zero attached hydrogens (tertiary/aromatic N) is 2. The van der Waals surface area contributed by atoms with Crippen molar-refractivity contribution in [3.05, 3.63) is 35.4 Å². The van der Waals surface area contributed by atoms with Gasteiger partial charge in [0.05, 0.1) is 23.6 Å². The summed E-state index contributed by atoms with van der Waals surface area (Å²) in [7, 11) is 0. The third kappa shape index (κ3) is 7.07. The summed E-state index contributed by atoms with van der Waals surface area (Å²) in [5.74, 6) is 0.398. The normalized spacial score (nSPS) is 33.2. The van der Waals surface area contributed by atoms with Crippen molar-refractivity contribution in [3.63, 3.8) is 0 Å². The number of carbonyl (C=O) groups is 1. The number of hydrogen-bond donors (Lipinski definition) is 3. The van der Waals surface area contributed by atoms with Gasteiger partial charge in [-0.15, -0.1) is 0 Å². The largest absolute Gasteiger partial charge is 0.416 e. The summed E-state index contributed by atoms with van der Waals surface area (Å²) < 4.78 is 56.4. The molecule has 10 heteroatoms. The van der Waals surface area contributed by atoms with Crippen LogP contribution in [0.4, 0.5) is 17.6 Å². The number of rotatable bonds is 6. The molecule has 0 bridgehead atoms. The Kier molecular flexibility index (Phi) is 9.67. The Morgan fingerprint density at radius 2 is 1.56 bits per heavy atom. The predicted molar refractivity (Wildman–Crippen MR) is 159 cm³/mol. The second kappa shape index (κ2) is 13.3. The molecule has 2 saturated carbocycles. The summed E-state index contributed by atoms with van der Waals surface area (Å²) in [5.41, 5.74) is -0.262. The second-order valence-corrected chi connectivity index (χ2v) is 13.8. The van der Waals surface area contributed by atoms with Crippen molar-refractivity contribution in [2.24, 2.45) is 5.92 Å². The first-order valence-electron chi connectivity index (χ1n) is 16.9. The Bertz CT molecular complexity index is 1070. The van der Waals surface area contributed by atoms with Crippen LogP contribution in [-0.2, 0) is 11.0 Å². The smallest absolute Gasteiger partial charge is 0.339 e. The summed E-state index contributed by atoms with van der Waals surface area (Å²) >= 11 is 0. The van der Waals surface area contributed by atoms with E-state index < -0.39 is 35.9 Å². The number of likely N-dealkylation sites (tertiary alicyclic amines) is 2. The van der Waals surface area contributed by atoms with Crippen molar-refractivity contribution >= 4 is 5.91 Å². The fourth-order valence-corrected chi connectivity index (χ4v) is 8.55. The van der Waals surface area contributed by atoms with Crippen molar-refractivity contribution < 1.29 is 22.4 Å². The molecule has 1 amide bonds. The lowest BCUT2D eigenvalue weighted by Crippen LogP contribution is -2.78. The highest BCUT2D eigenvalue weighted by Gasteiger charge is 2.49. The number of halogens is 4. The lowest BCUT2D eigenvalue weighted by molar-refractivity contribution is -0.137. The summed E-state index contributed by atoms with van der Waals surface area (Å²) in [6.07, 6.45) is 8.66. The number of alkyl halides is 4. The number of nitrogens with one attached hydrogen (secondary N) is 3.